The van der Waals surface area contributed by atoms with Gasteiger partial charge in [0.05, 0.1) is 0 Å². The molecule has 0 saturated heterocycles. The van der Waals surface area contributed by atoms with Crippen molar-refractivity contribution in [2.75, 3.05) is 6.61 Å². The summed E-state index contributed by atoms with van der Waals surface area (Å²) in [6.45, 7) is -2.40. The van der Waals surface area contributed by atoms with Gasteiger partial charge in [-0.2, -0.15) is 26.3 Å². The first kappa shape index (κ1) is 11.5. The van der Waals surface area contributed by atoms with Gasteiger partial charge in [-0.25, -0.2) is 5.11 Å². The fraction of sp³-hybridized carbons (Fsp3) is 1.00. The molecule has 7 heteroatoms. The lowest BCUT2D eigenvalue weighted by atomic mass is 9.90. The summed E-state index contributed by atoms with van der Waals surface area (Å²) in [6.07, 6.45) is -11.1. The van der Waals surface area contributed by atoms with Gasteiger partial charge in [-0.15, -0.1) is 0 Å². The molecule has 0 saturated carbocycles. The molecule has 0 amide bonds. The van der Waals surface area contributed by atoms with Crippen molar-refractivity contribution >= 4 is 0 Å². The van der Waals surface area contributed by atoms with E-state index in [4.69, 9.17) is 0 Å². The smallest absolute Gasteiger partial charge is 0.235 e. The highest BCUT2D eigenvalue weighted by Crippen LogP contribution is 2.49. The second-order valence-corrected chi connectivity index (χ2v) is 2.47. The van der Waals surface area contributed by atoms with Crippen molar-refractivity contribution < 1.29 is 31.4 Å². The molecule has 0 rings (SSSR count). The number of rotatable bonds is 1. The summed E-state index contributed by atoms with van der Waals surface area (Å²) in [6, 6.07) is 0. The lowest BCUT2D eigenvalue weighted by Gasteiger charge is -2.30. The predicted octanol–water partition coefficient (Wildman–Crippen LogP) is 2.55. The lowest BCUT2D eigenvalue weighted by Crippen LogP contribution is -2.49. The van der Waals surface area contributed by atoms with E-state index in [0.717, 1.165) is 0 Å². The van der Waals surface area contributed by atoms with Gasteiger partial charge < -0.3 is 0 Å². The minimum absolute atomic E-state index is 0.153. The molecule has 0 N–H and O–H groups in total. The largest absolute Gasteiger partial charge is 0.405 e. The maximum Gasteiger partial charge on any atom is 0.405 e. The number of hydrogen-bond donors (Lipinski definition) is 0. The van der Waals surface area contributed by atoms with Crippen LogP contribution in [0.15, 0.2) is 0 Å². The molecule has 73 valence electrons. The van der Waals surface area contributed by atoms with Gasteiger partial charge in [0, 0.05) is 0 Å². The van der Waals surface area contributed by atoms with Crippen molar-refractivity contribution in [2.24, 2.45) is 5.41 Å². The summed E-state index contributed by atoms with van der Waals surface area (Å²) in [5.41, 5.74) is -4.14. The minimum atomic E-state index is -5.55. The number of alkyl halides is 6. The van der Waals surface area contributed by atoms with Crippen molar-refractivity contribution in [1.82, 2.24) is 0 Å². The van der Waals surface area contributed by atoms with Gasteiger partial charge in [0.25, 0.3) is 0 Å². The summed E-state index contributed by atoms with van der Waals surface area (Å²) < 4.78 is 70.1. The van der Waals surface area contributed by atoms with Crippen LogP contribution in [-0.4, -0.2) is 19.0 Å². The molecule has 0 aliphatic carbocycles. The second kappa shape index (κ2) is 2.79. The van der Waals surface area contributed by atoms with Crippen LogP contribution in [0.2, 0.25) is 0 Å². The molecule has 0 aliphatic heterocycles. The molecule has 0 aromatic carbocycles. The quantitative estimate of drug-likeness (QED) is 0.573. The Bertz CT molecular complexity index is 142. The van der Waals surface area contributed by atoms with Crippen LogP contribution in [0.4, 0.5) is 26.3 Å². The first-order valence-electron chi connectivity index (χ1n) is 2.78. The standard InChI is InChI=1S/C5H5F6O/c1-3(2-12,4(6,7)8)5(9,10)11/h2H2,1H3. The van der Waals surface area contributed by atoms with E-state index in [1.54, 1.807) is 0 Å². The van der Waals surface area contributed by atoms with E-state index in [9.17, 15) is 31.4 Å². The van der Waals surface area contributed by atoms with E-state index in [1.807, 2.05) is 0 Å². The second-order valence-electron chi connectivity index (χ2n) is 2.47. The fourth-order valence-corrected chi connectivity index (χ4v) is 0.324. The van der Waals surface area contributed by atoms with Crippen LogP contribution in [0.5, 0.6) is 0 Å². The summed E-state index contributed by atoms with van der Waals surface area (Å²) in [7, 11) is 0. The Morgan fingerprint density at radius 3 is 1.17 bits per heavy atom. The third-order valence-electron chi connectivity index (χ3n) is 1.54. The Kier molecular flexibility index (Phi) is 2.68. The fourth-order valence-electron chi connectivity index (χ4n) is 0.324. The van der Waals surface area contributed by atoms with E-state index in [1.165, 1.54) is 0 Å². The van der Waals surface area contributed by atoms with Crippen molar-refractivity contribution in [3.8, 4) is 0 Å². The third-order valence-corrected chi connectivity index (χ3v) is 1.54. The lowest BCUT2D eigenvalue weighted by molar-refractivity contribution is -0.346. The Morgan fingerprint density at radius 1 is 0.917 bits per heavy atom. The third kappa shape index (κ3) is 1.65. The van der Waals surface area contributed by atoms with E-state index in [-0.39, 0.29) is 6.92 Å². The van der Waals surface area contributed by atoms with Gasteiger partial charge in [-0.1, -0.05) is 0 Å². The Labute approximate surface area is 64.0 Å². The average molecular weight is 195 g/mol. The van der Waals surface area contributed by atoms with Crippen LogP contribution < -0.4 is 0 Å². The topological polar surface area (TPSA) is 19.9 Å². The molecule has 0 aromatic heterocycles. The maximum atomic E-state index is 11.7. The van der Waals surface area contributed by atoms with Gasteiger partial charge in [-0.05, 0) is 6.92 Å². The van der Waals surface area contributed by atoms with Crippen LogP contribution in [0, 0.1) is 5.41 Å². The van der Waals surface area contributed by atoms with E-state index < -0.39 is 24.4 Å². The summed E-state index contributed by atoms with van der Waals surface area (Å²) in [4.78, 5) is 0. The summed E-state index contributed by atoms with van der Waals surface area (Å²) in [5, 5.41) is 9.81. The van der Waals surface area contributed by atoms with Crippen LogP contribution >= 0.6 is 0 Å². The van der Waals surface area contributed by atoms with Crippen molar-refractivity contribution in [3.63, 3.8) is 0 Å². The number of halogens is 6. The zero-order valence-electron chi connectivity index (χ0n) is 5.88. The molecule has 0 atom stereocenters. The Balaban J connectivity index is 4.95. The van der Waals surface area contributed by atoms with Gasteiger partial charge in [0.1, 0.15) is 6.61 Å². The van der Waals surface area contributed by atoms with Gasteiger partial charge in [0.2, 0.25) is 0 Å². The highest BCUT2D eigenvalue weighted by atomic mass is 19.4. The van der Waals surface area contributed by atoms with E-state index in [0.29, 0.717) is 0 Å². The highest BCUT2D eigenvalue weighted by molar-refractivity contribution is 4.88. The molecule has 0 aromatic rings. The highest BCUT2D eigenvalue weighted by Gasteiger charge is 2.67. The SMILES string of the molecule is CC(C[O])(C(F)(F)F)C(F)(F)F. The van der Waals surface area contributed by atoms with Crippen LogP contribution in [0.25, 0.3) is 0 Å². The van der Waals surface area contributed by atoms with Gasteiger partial charge in [0.15, 0.2) is 5.41 Å². The van der Waals surface area contributed by atoms with Crippen molar-refractivity contribution in [1.29, 1.82) is 0 Å². The molecule has 1 radical (unpaired) electrons. The Morgan fingerprint density at radius 2 is 1.17 bits per heavy atom. The first-order valence-corrected chi connectivity index (χ1v) is 2.78. The van der Waals surface area contributed by atoms with Crippen LogP contribution in [-0.2, 0) is 5.11 Å². The molecule has 0 bridgehead atoms. The molecule has 0 unspecified atom stereocenters. The zero-order chi connectivity index (χ0) is 10.2. The normalized spacial score (nSPS) is 15.0. The van der Waals surface area contributed by atoms with Crippen molar-refractivity contribution in [3.05, 3.63) is 0 Å². The van der Waals surface area contributed by atoms with E-state index in [2.05, 4.69) is 0 Å². The monoisotopic (exact) mass is 195 g/mol. The van der Waals surface area contributed by atoms with Crippen LogP contribution in [0.1, 0.15) is 6.92 Å². The van der Waals surface area contributed by atoms with E-state index >= 15 is 0 Å². The van der Waals surface area contributed by atoms with Gasteiger partial charge >= 0.3 is 12.4 Å². The molecule has 0 heterocycles. The average Bonchev–Trinajstić information content (AvgIpc) is 1.81. The van der Waals surface area contributed by atoms with Crippen LogP contribution in [0.3, 0.4) is 0 Å². The molecule has 0 fully saturated rings. The zero-order valence-corrected chi connectivity index (χ0v) is 5.88. The first-order chi connectivity index (χ1) is 5.06. The molecule has 0 spiro atoms. The maximum absolute atomic E-state index is 11.7. The molecule has 0 aliphatic rings. The summed E-state index contributed by atoms with van der Waals surface area (Å²) in [5.74, 6) is 0. The molecular formula is C5H5F6O. The minimum Gasteiger partial charge on any atom is -0.235 e. The molecule has 1 nitrogen and oxygen atoms in total. The number of hydrogen-bond acceptors (Lipinski definition) is 0. The predicted molar refractivity (Wildman–Crippen MR) is 25.8 cm³/mol. The molecule has 12 heavy (non-hydrogen) atoms. The van der Waals surface area contributed by atoms with Crippen molar-refractivity contribution in [2.45, 2.75) is 19.3 Å². The van der Waals surface area contributed by atoms with Gasteiger partial charge in [-0.3, -0.25) is 0 Å². The summed E-state index contributed by atoms with van der Waals surface area (Å²) >= 11 is 0. The molecular weight excluding hydrogens is 190 g/mol. The Hall–Kier alpha value is -0.460.